The Morgan fingerprint density at radius 2 is 1.79 bits per heavy atom. The first-order chi connectivity index (χ1) is 11.4. The molecule has 1 aromatic rings. The third-order valence-corrected chi connectivity index (χ3v) is 5.06. The molecule has 0 spiro atoms. The second-order valence-corrected chi connectivity index (χ2v) is 8.18. The molecule has 0 radical (unpaired) electrons. The summed E-state index contributed by atoms with van der Waals surface area (Å²) in [6.45, 7) is 7.09. The van der Waals surface area contributed by atoms with Crippen molar-refractivity contribution in [1.29, 1.82) is 0 Å². The van der Waals surface area contributed by atoms with Gasteiger partial charge in [-0.3, -0.25) is 9.59 Å². The quantitative estimate of drug-likeness (QED) is 0.921. The van der Waals surface area contributed by atoms with E-state index in [1.54, 1.807) is 0 Å². The predicted molar refractivity (Wildman–Crippen MR) is 94.5 cm³/mol. The van der Waals surface area contributed by atoms with Crippen LogP contribution in [0, 0.1) is 11.3 Å². The maximum atomic E-state index is 12.8. The average molecular weight is 328 g/mol. The highest BCUT2D eigenvalue weighted by atomic mass is 16.2. The highest BCUT2D eigenvalue weighted by Crippen LogP contribution is 2.40. The first-order valence-corrected chi connectivity index (χ1v) is 9.04. The van der Waals surface area contributed by atoms with Crippen molar-refractivity contribution >= 4 is 11.8 Å². The van der Waals surface area contributed by atoms with Crippen molar-refractivity contribution in [2.45, 2.75) is 59.0 Å². The summed E-state index contributed by atoms with van der Waals surface area (Å²) in [5, 5.41) is 2.94. The average Bonchev–Trinajstić information content (AvgIpc) is 3.28. The minimum Gasteiger partial charge on any atom is -0.352 e. The van der Waals surface area contributed by atoms with Crippen molar-refractivity contribution in [2.24, 2.45) is 11.3 Å². The van der Waals surface area contributed by atoms with Crippen LogP contribution >= 0.6 is 0 Å². The van der Waals surface area contributed by atoms with Gasteiger partial charge in [0.1, 0.15) is 0 Å². The molecule has 1 aliphatic heterocycles. The number of likely N-dealkylation sites (tertiary alicyclic amines) is 1. The fraction of sp³-hybridized carbons (Fsp3) is 0.600. The Hall–Kier alpha value is -1.84. The van der Waals surface area contributed by atoms with Gasteiger partial charge in [0.2, 0.25) is 5.91 Å². The van der Waals surface area contributed by atoms with E-state index in [-0.39, 0.29) is 17.2 Å². The van der Waals surface area contributed by atoms with Gasteiger partial charge in [-0.2, -0.15) is 0 Å². The van der Waals surface area contributed by atoms with Crippen molar-refractivity contribution in [3.05, 3.63) is 35.4 Å². The van der Waals surface area contributed by atoms with Gasteiger partial charge in [0.25, 0.3) is 5.91 Å². The number of rotatable bonds is 4. The highest BCUT2D eigenvalue weighted by molar-refractivity contribution is 5.94. The summed E-state index contributed by atoms with van der Waals surface area (Å²) in [5.41, 5.74) is 1.39. The molecule has 3 rings (SSSR count). The van der Waals surface area contributed by atoms with E-state index in [2.05, 4.69) is 10.2 Å². The predicted octanol–water partition coefficient (Wildman–Crippen LogP) is 3.36. The monoisotopic (exact) mass is 328 g/mol. The van der Waals surface area contributed by atoms with Crippen LogP contribution in [0.1, 0.15) is 62.4 Å². The third-order valence-electron chi connectivity index (χ3n) is 5.06. The SMILES string of the molecule is CC(C)(C)C(=O)NCc1ccc(C(=O)N2CCCC2C2CC2)cc1. The van der Waals surface area contributed by atoms with Gasteiger partial charge in [-0.15, -0.1) is 0 Å². The molecule has 4 nitrogen and oxygen atoms in total. The first-order valence-electron chi connectivity index (χ1n) is 9.04. The lowest BCUT2D eigenvalue weighted by molar-refractivity contribution is -0.128. The lowest BCUT2D eigenvalue weighted by Gasteiger charge is -2.24. The van der Waals surface area contributed by atoms with E-state index >= 15 is 0 Å². The molecular weight excluding hydrogens is 300 g/mol. The summed E-state index contributed by atoms with van der Waals surface area (Å²) >= 11 is 0. The number of nitrogens with one attached hydrogen (secondary N) is 1. The van der Waals surface area contributed by atoms with Crippen LogP contribution in [0.5, 0.6) is 0 Å². The fourth-order valence-corrected chi connectivity index (χ4v) is 3.39. The molecule has 1 aliphatic carbocycles. The molecule has 130 valence electrons. The summed E-state index contributed by atoms with van der Waals surface area (Å²) in [7, 11) is 0. The third kappa shape index (κ3) is 3.80. The van der Waals surface area contributed by atoms with Gasteiger partial charge in [0, 0.05) is 30.1 Å². The van der Waals surface area contributed by atoms with Crippen LogP contribution in [0.3, 0.4) is 0 Å². The van der Waals surface area contributed by atoms with E-state index < -0.39 is 0 Å². The Morgan fingerprint density at radius 1 is 1.12 bits per heavy atom. The summed E-state index contributed by atoms with van der Waals surface area (Å²) in [6, 6.07) is 8.13. The maximum Gasteiger partial charge on any atom is 0.254 e. The Balaban J connectivity index is 1.60. The Morgan fingerprint density at radius 3 is 2.38 bits per heavy atom. The van der Waals surface area contributed by atoms with E-state index in [1.165, 1.54) is 12.8 Å². The van der Waals surface area contributed by atoms with Gasteiger partial charge in [-0.25, -0.2) is 0 Å². The summed E-state index contributed by atoms with van der Waals surface area (Å²) in [4.78, 5) is 26.8. The molecule has 2 aliphatic rings. The van der Waals surface area contributed by atoms with Crippen molar-refractivity contribution in [3.8, 4) is 0 Å². The van der Waals surface area contributed by atoms with E-state index in [0.29, 0.717) is 12.6 Å². The molecule has 1 heterocycles. The Bertz CT molecular complexity index is 612. The van der Waals surface area contributed by atoms with Gasteiger partial charge < -0.3 is 10.2 Å². The fourth-order valence-electron chi connectivity index (χ4n) is 3.39. The largest absolute Gasteiger partial charge is 0.352 e. The molecular formula is C20H28N2O2. The number of carbonyl (C=O) groups excluding carboxylic acids is 2. The molecule has 24 heavy (non-hydrogen) atoms. The minimum atomic E-state index is -0.385. The number of hydrogen-bond acceptors (Lipinski definition) is 2. The Labute approximate surface area is 144 Å². The molecule has 2 fully saturated rings. The molecule has 1 saturated carbocycles. The number of amides is 2. The molecule has 1 aromatic carbocycles. The van der Waals surface area contributed by atoms with Crippen LogP contribution in [0.2, 0.25) is 0 Å². The van der Waals surface area contributed by atoms with Crippen molar-refractivity contribution in [1.82, 2.24) is 10.2 Å². The summed E-state index contributed by atoms with van der Waals surface area (Å²) in [6.07, 6.45) is 4.85. The van der Waals surface area contributed by atoms with Crippen LogP contribution < -0.4 is 5.32 Å². The van der Waals surface area contributed by atoms with Crippen LogP contribution in [-0.4, -0.2) is 29.3 Å². The lowest BCUT2D eigenvalue weighted by atomic mass is 9.95. The van der Waals surface area contributed by atoms with Crippen LogP contribution in [0.15, 0.2) is 24.3 Å². The molecule has 2 amide bonds. The molecule has 0 aromatic heterocycles. The summed E-state index contributed by atoms with van der Waals surface area (Å²) < 4.78 is 0. The van der Waals surface area contributed by atoms with E-state index in [0.717, 1.165) is 36.4 Å². The zero-order valence-electron chi connectivity index (χ0n) is 15.0. The van der Waals surface area contributed by atoms with Crippen LogP contribution in [0.25, 0.3) is 0 Å². The standard InChI is InChI=1S/C20H28N2O2/c1-20(2,3)19(24)21-13-14-6-8-16(9-7-14)18(23)22-12-4-5-17(22)15-10-11-15/h6-9,15,17H,4-5,10-13H2,1-3H3,(H,21,24). The molecule has 1 unspecified atom stereocenters. The second-order valence-electron chi connectivity index (χ2n) is 8.18. The number of nitrogens with zero attached hydrogens (tertiary/aromatic N) is 1. The maximum absolute atomic E-state index is 12.8. The van der Waals surface area contributed by atoms with E-state index in [1.807, 2.05) is 45.0 Å². The smallest absolute Gasteiger partial charge is 0.254 e. The number of benzene rings is 1. The van der Waals surface area contributed by atoms with Crippen molar-refractivity contribution in [2.75, 3.05) is 6.54 Å². The van der Waals surface area contributed by atoms with Crippen molar-refractivity contribution < 1.29 is 9.59 Å². The zero-order valence-corrected chi connectivity index (χ0v) is 15.0. The van der Waals surface area contributed by atoms with Gasteiger partial charge >= 0.3 is 0 Å². The molecule has 1 atom stereocenters. The molecule has 0 bridgehead atoms. The van der Waals surface area contributed by atoms with Crippen LogP contribution in [-0.2, 0) is 11.3 Å². The van der Waals surface area contributed by atoms with E-state index in [4.69, 9.17) is 0 Å². The molecule has 1 N–H and O–H groups in total. The van der Waals surface area contributed by atoms with Gasteiger partial charge in [0.15, 0.2) is 0 Å². The van der Waals surface area contributed by atoms with Crippen molar-refractivity contribution in [3.63, 3.8) is 0 Å². The minimum absolute atomic E-state index is 0.0343. The highest BCUT2D eigenvalue weighted by Gasteiger charge is 2.40. The number of hydrogen-bond donors (Lipinski definition) is 1. The van der Waals surface area contributed by atoms with Crippen LogP contribution in [0.4, 0.5) is 0 Å². The van der Waals surface area contributed by atoms with E-state index in [9.17, 15) is 9.59 Å². The molecule has 4 heteroatoms. The zero-order chi connectivity index (χ0) is 17.3. The summed E-state index contributed by atoms with van der Waals surface area (Å²) in [5.74, 6) is 0.935. The van der Waals surface area contributed by atoms with Gasteiger partial charge in [0.05, 0.1) is 0 Å². The normalized spacial score (nSPS) is 21.0. The lowest BCUT2D eigenvalue weighted by Crippen LogP contribution is -2.36. The van der Waals surface area contributed by atoms with Gasteiger partial charge in [-0.1, -0.05) is 32.9 Å². The number of carbonyl (C=O) groups is 2. The Kier molecular flexibility index (Phi) is 4.66. The molecule has 1 saturated heterocycles. The first kappa shape index (κ1) is 17.0. The second kappa shape index (κ2) is 6.58. The van der Waals surface area contributed by atoms with Gasteiger partial charge in [-0.05, 0) is 49.3 Å². The topological polar surface area (TPSA) is 49.4 Å².